The molecule has 0 bridgehead atoms. The van der Waals surface area contributed by atoms with Crippen LogP contribution in [0.15, 0.2) is 46.9 Å². The first-order chi connectivity index (χ1) is 9.70. The van der Waals surface area contributed by atoms with Crippen LogP contribution in [0.1, 0.15) is 5.56 Å². The minimum Gasteiger partial charge on any atom is -0.392 e. The number of fused-ring (bicyclic) bond motifs is 1. The Bertz CT molecular complexity index is 630. The molecule has 0 unspecified atom stereocenters. The van der Waals surface area contributed by atoms with E-state index in [1.54, 1.807) is 0 Å². The second-order valence-electron chi connectivity index (χ2n) is 4.99. The maximum Gasteiger partial charge on any atom is 0.0702 e. The van der Waals surface area contributed by atoms with Crippen molar-refractivity contribution >= 4 is 33.0 Å². The van der Waals surface area contributed by atoms with E-state index in [2.05, 4.69) is 63.1 Å². The molecular formula is C16H17BrN2O. The largest absolute Gasteiger partial charge is 0.392 e. The van der Waals surface area contributed by atoms with Gasteiger partial charge in [-0.3, -0.25) is 0 Å². The van der Waals surface area contributed by atoms with Gasteiger partial charge in [0.15, 0.2) is 0 Å². The Balaban J connectivity index is 2.12. The van der Waals surface area contributed by atoms with Crippen LogP contribution in [0.4, 0.5) is 17.1 Å². The summed E-state index contributed by atoms with van der Waals surface area (Å²) >= 11 is 3.53. The molecule has 0 spiro atoms. The van der Waals surface area contributed by atoms with Crippen molar-refractivity contribution in [2.45, 2.75) is 6.61 Å². The van der Waals surface area contributed by atoms with E-state index in [0.717, 1.165) is 28.8 Å². The molecular weight excluding hydrogens is 316 g/mol. The lowest BCUT2D eigenvalue weighted by molar-refractivity contribution is 0.282. The molecule has 1 heterocycles. The van der Waals surface area contributed by atoms with Gasteiger partial charge in [0.25, 0.3) is 0 Å². The Morgan fingerprint density at radius 2 is 1.80 bits per heavy atom. The summed E-state index contributed by atoms with van der Waals surface area (Å²) in [7, 11) is 2.12. The number of anilines is 3. The highest BCUT2D eigenvalue weighted by atomic mass is 79.9. The molecule has 3 nitrogen and oxygen atoms in total. The van der Waals surface area contributed by atoms with Gasteiger partial charge in [-0.2, -0.15) is 0 Å². The summed E-state index contributed by atoms with van der Waals surface area (Å²) in [6.07, 6.45) is 0. The molecule has 0 atom stereocenters. The molecule has 20 heavy (non-hydrogen) atoms. The number of aliphatic hydroxyl groups is 1. The number of likely N-dealkylation sites (N-methyl/N-ethyl adjacent to an activating group) is 1. The topological polar surface area (TPSA) is 26.7 Å². The van der Waals surface area contributed by atoms with Gasteiger partial charge in [-0.25, -0.2) is 0 Å². The zero-order valence-electron chi connectivity index (χ0n) is 11.4. The van der Waals surface area contributed by atoms with Crippen LogP contribution in [-0.4, -0.2) is 25.2 Å². The average molecular weight is 333 g/mol. The standard InChI is InChI=1S/C16H17BrN2O/c1-18-8-9-19(15-5-3-2-4-14(15)18)16-10-13(17)7-6-12(16)11-20/h2-7,10,20H,8-9,11H2,1H3. The van der Waals surface area contributed by atoms with Crippen molar-refractivity contribution in [3.05, 3.63) is 52.5 Å². The van der Waals surface area contributed by atoms with Crippen molar-refractivity contribution in [1.29, 1.82) is 0 Å². The van der Waals surface area contributed by atoms with Gasteiger partial charge in [-0.05, 0) is 24.3 Å². The Morgan fingerprint density at radius 1 is 1.05 bits per heavy atom. The highest BCUT2D eigenvalue weighted by Crippen LogP contribution is 2.39. The van der Waals surface area contributed by atoms with Crippen LogP contribution < -0.4 is 9.80 Å². The smallest absolute Gasteiger partial charge is 0.0702 e. The number of para-hydroxylation sites is 2. The first-order valence-corrected chi connectivity index (χ1v) is 7.47. The van der Waals surface area contributed by atoms with E-state index in [1.807, 2.05) is 12.1 Å². The predicted molar refractivity (Wildman–Crippen MR) is 86.8 cm³/mol. The van der Waals surface area contributed by atoms with Crippen molar-refractivity contribution < 1.29 is 5.11 Å². The van der Waals surface area contributed by atoms with Crippen molar-refractivity contribution in [2.24, 2.45) is 0 Å². The van der Waals surface area contributed by atoms with Gasteiger partial charge < -0.3 is 14.9 Å². The predicted octanol–water partition coefficient (Wildman–Crippen LogP) is 3.53. The van der Waals surface area contributed by atoms with E-state index in [0.29, 0.717) is 0 Å². The number of hydrogen-bond donors (Lipinski definition) is 1. The molecule has 1 aliphatic rings. The fourth-order valence-electron chi connectivity index (χ4n) is 2.68. The molecule has 0 saturated carbocycles. The van der Waals surface area contributed by atoms with Crippen LogP contribution in [0.25, 0.3) is 0 Å². The van der Waals surface area contributed by atoms with Crippen LogP contribution in [0.5, 0.6) is 0 Å². The molecule has 3 rings (SSSR count). The Kier molecular flexibility index (Phi) is 3.68. The fraction of sp³-hybridized carbons (Fsp3) is 0.250. The van der Waals surface area contributed by atoms with Crippen LogP contribution in [-0.2, 0) is 6.61 Å². The summed E-state index contributed by atoms with van der Waals surface area (Å²) in [6, 6.07) is 14.4. The number of aliphatic hydroxyl groups excluding tert-OH is 1. The fourth-order valence-corrected chi connectivity index (χ4v) is 3.03. The van der Waals surface area contributed by atoms with Crippen molar-refractivity contribution in [2.75, 3.05) is 29.9 Å². The first kappa shape index (κ1) is 13.5. The maximum absolute atomic E-state index is 9.59. The summed E-state index contributed by atoms with van der Waals surface area (Å²) in [5.74, 6) is 0. The maximum atomic E-state index is 9.59. The summed E-state index contributed by atoms with van der Waals surface area (Å²) in [4.78, 5) is 4.55. The van der Waals surface area contributed by atoms with E-state index >= 15 is 0 Å². The van der Waals surface area contributed by atoms with E-state index in [9.17, 15) is 5.11 Å². The zero-order chi connectivity index (χ0) is 14.1. The summed E-state index contributed by atoms with van der Waals surface area (Å²) in [5, 5.41) is 9.59. The van der Waals surface area contributed by atoms with Crippen molar-refractivity contribution in [3.63, 3.8) is 0 Å². The number of halogens is 1. The zero-order valence-corrected chi connectivity index (χ0v) is 13.0. The van der Waals surface area contributed by atoms with Gasteiger partial charge in [0.2, 0.25) is 0 Å². The molecule has 0 fully saturated rings. The molecule has 1 aliphatic heterocycles. The lowest BCUT2D eigenvalue weighted by Crippen LogP contribution is -2.36. The van der Waals surface area contributed by atoms with Gasteiger partial charge in [0.1, 0.15) is 0 Å². The second-order valence-corrected chi connectivity index (χ2v) is 5.91. The minimum atomic E-state index is 0.0527. The van der Waals surface area contributed by atoms with Gasteiger partial charge in [-0.1, -0.05) is 34.1 Å². The van der Waals surface area contributed by atoms with Gasteiger partial charge >= 0.3 is 0 Å². The van der Waals surface area contributed by atoms with Crippen LogP contribution >= 0.6 is 15.9 Å². The van der Waals surface area contributed by atoms with Crippen molar-refractivity contribution in [3.8, 4) is 0 Å². The molecule has 0 saturated heterocycles. The Hall–Kier alpha value is -1.52. The molecule has 0 aliphatic carbocycles. The number of benzene rings is 2. The lowest BCUT2D eigenvalue weighted by atomic mass is 10.1. The summed E-state index contributed by atoms with van der Waals surface area (Å²) < 4.78 is 1.03. The normalized spacial score (nSPS) is 14.3. The first-order valence-electron chi connectivity index (χ1n) is 6.67. The number of nitrogens with zero attached hydrogens (tertiary/aromatic N) is 2. The van der Waals surface area contributed by atoms with Gasteiger partial charge in [-0.15, -0.1) is 0 Å². The third-order valence-corrected chi connectivity index (χ3v) is 4.24. The Morgan fingerprint density at radius 3 is 2.55 bits per heavy atom. The highest BCUT2D eigenvalue weighted by molar-refractivity contribution is 9.10. The molecule has 0 aromatic heterocycles. The molecule has 4 heteroatoms. The van der Waals surface area contributed by atoms with Gasteiger partial charge in [0, 0.05) is 35.9 Å². The SMILES string of the molecule is CN1CCN(c2cc(Br)ccc2CO)c2ccccc21. The third kappa shape index (κ3) is 2.30. The molecule has 0 amide bonds. The third-order valence-electron chi connectivity index (χ3n) is 3.75. The number of hydrogen-bond acceptors (Lipinski definition) is 3. The molecule has 2 aromatic rings. The molecule has 2 aromatic carbocycles. The molecule has 104 valence electrons. The highest BCUT2D eigenvalue weighted by Gasteiger charge is 2.22. The minimum absolute atomic E-state index is 0.0527. The Labute approximate surface area is 127 Å². The summed E-state index contributed by atoms with van der Waals surface area (Å²) in [5.41, 5.74) is 4.44. The average Bonchev–Trinajstić information content (AvgIpc) is 2.48. The van der Waals surface area contributed by atoms with E-state index in [1.165, 1.54) is 11.4 Å². The van der Waals surface area contributed by atoms with E-state index in [-0.39, 0.29) is 6.61 Å². The second kappa shape index (κ2) is 5.46. The molecule has 0 radical (unpaired) electrons. The summed E-state index contributed by atoms with van der Waals surface area (Å²) in [6.45, 7) is 1.93. The number of rotatable bonds is 2. The van der Waals surface area contributed by atoms with E-state index in [4.69, 9.17) is 0 Å². The van der Waals surface area contributed by atoms with Gasteiger partial charge in [0.05, 0.1) is 18.0 Å². The van der Waals surface area contributed by atoms with Crippen LogP contribution in [0.3, 0.4) is 0 Å². The van der Waals surface area contributed by atoms with Crippen LogP contribution in [0, 0.1) is 0 Å². The van der Waals surface area contributed by atoms with E-state index < -0.39 is 0 Å². The van der Waals surface area contributed by atoms with Crippen LogP contribution in [0.2, 0.25) is 0 Å². The lowest BCUT2D eigenvalue weighted by Gasteiger charge is -2.37. The monoisotopic (exact) mass is 332 g/mol. The van der Waals surface area contributed by atoms with Crippen molar-refractivity contribution in [1.82, 2.24) is 0 Å². The quantitative estimate of drug-likeness (QED) is 0.911. The molecule has 1 N–H and O–H groups in total.